The SMILES string of the molecule is COC(=O)C1(Oc2cc(-c3ccc(Cl)c(F)c3)nc(S(C)(=O)=O)n2)CC1. The van der Waals surface area contributed by atoms with Gasteiger partial charge in [-0.2, -0.15) is 4.98 Å². The van der Waals surface area contributed by atoms with Crippen LogP contribution in [0, 0.1) is 5.82 Å². The Kier molecular flexibility index (Phi) is 4.61. The number of benzene rings is 1. The summed E-state index contributed by atoms with van der Waals surface area (Å²) in [5.41, 5.74) is -0.779. The standard InChI is InChI=1S/C16H14ClFN2O5S/c1-24-14(21)16(5-6-16)25-13-8-12(19-15(20-13)26(2,22)23)9-3-4-10(17)11(18)7-9/h3-4,7-8H,5-6H2,1-2H3. The molecule has 0 radical (unpaired) electrons. The molecule has 1 aromatic heterocycles. The van der Waals surface area contributed by atoms with Crippen LogP contribution >= 0.6 is 11.6 Å². The molecular weight excluding hydrogens is 387 g/mol. The van der Waals surface area contributed by atoms with Crippen molar-refractivity contribution in [2.45, 2.75) is 23.6 Å². The molecule has 2 aromatic rings. The molecule has 3 rings (SSSR count). The molecule has 1 saturated carbocycles. The fraction of sp³-hybridized carbons (Fsp3) is 0.312. The second-order valence-electron chi connectivity index (χ2n) is 5.86. The third-order valence-electron chi connectivity index (χ3n) is 3.79. The molecule has 1 heterocycles. The van der Waals surface area contributed by atoms with Crippen LogP contribution in [-0.2, 0) is 19.4 Å². The zero-order chi connectivity index (χ0) is 19.1. The van der Waals surface area contributed by atoms with Gasteiger partial charge in [-0.25, -0.2) is 22.6 Å². The second kappa shape index (κ2) is 6.48. The summed E-state index contributed by atoms with van der Waals surface area (Å²) < 4.78 is 47.8. The minimum Gasteiger partial charge on any atom is -0.466 e. The molecule has 0 unspecified atom stereocenters. The summed E-state index contributed by atoms with van der Waals surface area (Å²) in [6.45, 7) is 0. The first-order chi connectivity index (χ1) is 12.1. The predicted octanol–water partition coefficient (Wildman–Crippen LogP) is 2.42. The molecule has 0 saturated heterocycles. The molecule has 0 aliphatic heterocycles. The number of ether oxygens (including phenoxy) is 2. The first kappa shape index (κ1) is 18.5. The number of nitrogens with zero attached hydrogens (tertiary/aromatic N) is 2. The van der Waals surface area contributed by atoms with Gasteiger partial charge in [-0.05, 0) is 12.1 Å². The van der Waals surface area contributed by atoms with Gasteiger partial charge in [0.05, 0.1) is 17.8 Å². The lowest BCUT2D eigenvalue weighted by molar-refractivity contribution is -0.151. The van der Waals surface area contributed by atoms with Crippen LogP contribution in [0.2, 0.25) is 5.02 Å². The number of hydrogen-bond acceptors (Lipinski definition) is 7. The van der Waals surface area contributed by atoms with Gasteiger partial charge in [0.25, 0.3) is 5.16 Å². The fourth-order valence-electron chi connectivity index (χ4n) is 2.27. The van der Waals surface area contributed by atoms with Gasteiger partial charge in [-0.1, -0.05) is 17.7 Å². The van der Waals surface area contributed by atoms with E-state index < -0.39 is 32.4 Å². The first-order valence-electron chi connectivity index (χ1n) is 7.47. The van der Waals surface area contributed by atoms with E-state index in [4.69, 9.17) is 21.1 Å². The number of hydrogen-bond donors (Lipinski definition) is 0. The van der Waals surface area contributed by atoms with Crippen molar-refractivity contribution in [1.82, 2.24) is 9.97 Å². The number of sulfone groups is 1. The highest BCUT2D eigenvalue weighted by Crippen LogP contribution is 2.41. The van der Waals surface area contributed by atoms with Crippen LogP contribution in [0.3, 0.4) is 0 Å². The fourth-order valence-corrected chi connectivity index (χ4v) is 2.91. The number of carbonyl (C=O) groups excluding carboxylic acids is 1. The molecule has 0 N–H and O–H groups in total. The van der Waals surface area contributed by atoms with Crippen molar-refractivity contribution in [3.8, 4) is 17.1 Å². The van der Waals surface area contributed by atoms with Crippen molar-refractivity contribution >= 4 is 27.4 Å². The van der Waals surface area contributed by atoms with Gasteiger partial charge in [-0.15, -0.1) is 0 Å². The molecule has 10 heteroatoms. The lowest BCUT2D eigenvalue weighted by Crippen LogP contribution is -2.31. The van der Waals surface area contributed by atoms with Crippen molar-refractivity contribution in [3.05, 3.63) is 35.1 Å². The highest BCUT2D eigenvalue weighted by molar-refractivity contribution is 7.90. The Morgan fingerprint density at radius 1 is 1.27 bits per heavy atom. The second-order valence-corrected chi connectivity index (χ2v) is 8.18. The van der Waals surface area contributed by atoms with Gasteiger partial charge >= 0.3 is 5.97 Å². The van der Waals surface area contributed by atoms with Gasteiger partial charge < -0.3 is 9.47 Å². The Balaban J connectivity index is 2.08. The van der Waals surface area contributed by atoms with E-state index in [1.54, 1.807) is 0 Å². The highest BCUT2D eigenvalue weighted by atomic mass is 35.5. The molecule has 1 aromatic carbocycles. The molecule has 0 amide bonds. The van der Waals surface area contributed by atoms with Crippen LogP contribution < -0.4 is 4.74 Å². The summed E-state index contributed by atoms with van der Waals surface area (Å²) in [6.07, 6.45) is 1.77. The van der Waals surface area contributed by atoms with Crippen LogP contribution in [0.1, 0.15) is 12.8 Å². The number of aromatic nitrogens is 2. The third kappa shape index (κ3) is 3.63. The topological polar surface area (TPSA) is 95.5 Å². The largest absolute Gasteiger partial charge is 0.466 e. The molecule has 1 aliphatic rings. The molecule has 26 heavy (non-hydrogen) atoms. The maximum atomic E-state index is 13.7. The maximum absolute atomic E-state index is 13.7. The molecule has 0 atom stereocenters. The summed E-state index contributed by atoms with van der Waals surface area (Å²) >= 11 is 5.67. The molecule has 0 bridgehead atoms. The maximum Gasteiger partial charge on any atom is 0.350 e. The van der Waals surface area contributed by atoms with Crippen molar-refractivity contribution < 1.29 is 27.1 Å². The summed E-state index contributed by atoms with van der Waals surface area (Å²) in [4.78, 5) is 19.7. The van der Waals surface area contributed by atoms with Crippen LogP contribution in [0.15, 0.2) is 29.4 Å². The Morgan fingerprint density at radius 3 is 2.50 bits per heavy atom. The normalized spacial score (nSPS) is 15.4. The van der Waals surface area contributed by atoms with Gasteiger partial charge in [0.2, 0.25) is 21.3 Å². The number of esters is 1. The van der Waals surface area contributed by atoms with Gasteiger partial charge in [-0.3, -0.25) is 0 Å². The zero-order valence-electron chi connectivity index (χ0n) is 13.8. The quantitative estimate of drug-likeness (QED) is 0.561. The van der Waals surface area contributed by atoms with E-state index in [-0.39, 0.29) is 22.2 Å². The van der Waals surface area contributed by atoms with E-state index in [0.717, 1.165) is 12.3 Å². The third-order valence-corrected chi connectivity index (χ3v) is 4.94. The zero-order valence-corrected chi connectivity index (χ0v) is 15.4. The summed E-state index contributed by atoms with van der Waals surface area (Å²) in [7, 11) is -2.54. The van der Waals surface area contributed by atoms with E-state index in [2.05, 4.69) is 9.97 Å². The number of methoxy groups -OCH3 is 1. The lowest BCUT2D eigenvalue weighted by Gasteiger charge is -2.15. The summed E-state index contributed by atoms with van der Waals surface area (Å²) in [6, 6.07) is 5.26. The Bertz CT molecular complexity index is 992. The van der Waals surface area contributed by atoms with Crippen LogP contribution in [0.4, 0.5) is 4.39 Å². The summed E-state index contributed by atoms with van der Waals surface area (Å²) in [5.74, 6) is -1.37. The average molecular weight is 401 g/mol. The van der Waals surface area contributed by atoms with Gasteiger partial charge in [0.1, 0.15) is 5.82 Å². The monoisotopic (exact) mass is 400 g/mol. The molecule has 138 valence electrons. The van der Waals surface area contributed by atoms with E-state index in [9.17, 15) is 17.6 Å². The molecule has 1 aliphatic carbocycles. The Labute approximate surface area is 154 Å². The van der Waals surface area contributed by atoms with E-state index in [1.165, 1.54) is 25.3 Å². The van der Waals surface area contributed by atoms with Gasteiger partial charge in [0.15, 0.2) is 0 Å². The Morgan fingerprint density at radius 2 is 1.96 bits per heavy atom. The number of carbonyl (C=O) groups is 1. The molecule has 7 nitrogen and oxygen atoms in total. The summed E-state index contributed by atoms with van der Waals surface area (Å²) in [5, 5.41) is -0.578. The van der Waals surface area contributed by atoms with Crippen LogP contribution in [-0.4, -0.2) is 43.3 Å². The van der Waals surface area contributed by atoms with Crippen molar-refractivity contribution in [3.63, 3.8) is 0 Å². The van der Waals surface area contributed by atoms with E-state index in [0.29, 0.717) is 12.8 Å². The molecule has 0 spiro atoms. The van der Waals surface area contributed by atoms with E-state index >= 15 is 0 Å². The number of rotatable bonds is 5. The number of halogens is 2. The minimum absolute atomic E-state index is 0.0785. The smallest absolute Gasteiger partial charge is 0.350 e. The van der Waals surface area contributed by atoms with Gasteiger partial charge in [0, 0.05) is 30.7 Å². The van der Waals surface area contributed by atoms with Crippen molar-refractivity contribution in [2.24, 2.45) is 0 Å². The van der Waals surface area contributed by atoms with Crippen molar-refractivity contribution in [1.29, 1.82) is 0 Å². The van der Waals surface area contributed by atoms with E-state index in [1.807, 2.05) is 0 Å². The highest BCUT2D eigenvalue weighted by Gasteiger charge is 2.54. The molecule has 1 fully saturated rings. The molecular formula is C16H14ClFN2O5S. The predicted molar refractivity (Wildman–Crippen MR) is 90.2 cm³/mol. The van der Waals surface area contributed by atoms with Crippen LogP contribution in [0.25, 0.3) is 11.3 Å². The average Bonchev–Trinajstić information content (AvgIpc) is 3.36. The lowest BCUT2D eigenvalue weighted by atomic mass is 10.1. The van der Waals surface area contributed by atoms with Crippen LogP contribution in [0.5, 0.6) is 5.88 Å². The minimum atomic E-state index is -3.77. The first-order valence-corrected chi connectivity index (χ1v) is 9.73. The Hall–Kier alpha value is -2.26. The van der Waals surface area contributed by atoms with Crippen molar-refractivity contribution in [2.75, 3.05) is 13.4 Å².